The van der Waals surface area contributed by atoms with Crippen molar-refractivity contribution < 1.29 is 5.11 Å². The summed E-state index contributed by atoms with van der Waals surface area (Å²) < 4.78 is 4.36. The maximum Gasteiger partial charge on any atom is 0.202 e. The maximum atomic E-state index is 10.5. The van der Waals surface area contributed by atoms with Gasteiger partial charge < -0.3 is 10.4 Å². The fourth-order valence-electron chi connectivity index (χ4n) is 2.63. The van der Waals surface area contributed by atoms with Crippen molar-refractivity contribution in [2.75, 3.05) is 11.9 Å². The van der Waals surface area contributed by atoms with Crippen molar-refractivity contribution in [1.82, 2.24) is 9.36 Å². The zero-order valence-electron chi connectivity index (χ0n) is 11.4. The molecule has 2 aromatic rings. The van der Waals surface area contributed by atoms with Crippen LogP contribution in [0.5, 0.6) is 0 Å². The molecule has 0 bridgehead atoms. The Kier molecular flexibility index (Phi) is 3.98. The van der Waals surface area contributed by atoms with Gasteiger partial charge in [0, 0.05) is 23.6 Å². The van der Waals surface area contributed by atoms with E-state index in [1.807, 2.05) is 30.3 Å². The van der Waals surface area contributed by atoms with Crippen LogP contribution in [0.1, 0.15) is 32.1 Å². The largest absolute Gasteiger partial charge is 0.388 e. The third-order valence-corrected chi connectivity index (χ3v) is 4.48. The van der Waals surface area contributed by atoms with E-state index in [9.17, 15) is 5.11 Å². The average Bonchev–Trinajstić information content (AvgIpc) is 2.96. The molecule has 0 radical (unpaired) electrons. The van der Waals surface area contributed by atoms with Gasteiger partial charge >= 0.3 is 0 Å². The van der Waals surface area contributed by atoms with Gasteiger partial charge in [0.25, 0.3) is 0 Å². The second-order valence-corrected chi connectivity index (χ2v) is 6.18. The molecule has 1 aliphatic rings. The highest BCUT2D eigenvalue weighted by molar-refractivity contribution is 7.09. The third kappa shape index (κ3) is 3.16. The number of nitrogens with zero attached hydrogens (tertiary/aromatic N) is 2. The average molecular weight is 289 g/mol. The smallest absolute Gasteiger partial charge is 0.202 e. The van der Waals surface area contributed by atoms with E-state index in [2.05, 4.69) is 14.7 Å². The van der Waals surface area contributed by atoms with Gasteiger partial charge in [-0.15, -0.1) is 0 Å². The Hall–Kier alpha value is -1.46. The van der Waals surface area contributed by atoms with Crippen LogP contribution in [0.25, 0.3) is 11.4 Å². The van der Waals surface area contributed by atoms with Crippen molar-refractivity contribution in [2.45, 2.75) is 37.7 Å². The van der Waals surface area contributed by atoms with Gasteiger partial charge in [-0.3, -0.25) is 0 Å². The molecule has 0 aliphatic heterocycles. The van der Waals surface area contributed by atoms with Crippen LogP contribution in [-0.4, -0.2) is 26.6 Å². The predicted molar refractivity (Wildman–Crippen MR) is 81.9 cm³/mol. The van der Waals surface area contributed by atoms with Crippen LogP contribution in [0.3, 0.4) is 0 Å². The SMILES string of the molecule is OC1(CNc2nc(-c3ccccc3)ns2)CCCCC1. The molecule has 5 heteroatoms. The van der Waals surface area contributed by atoms with Crippen LogP contribution in [0.4, 0.5) is 5.13 Å². The normalized spacial score (nSPS) is 17.9. The quantitative estimate of drug-likeness (QED) is 0.906. The molecule has 2 N–H and O–H groups in total. The number of rotatable bonds is 4. The number of aliphatic hydroxyl groups is 1. The van der Waals surface area contributed by atoms with E-state index >= 15 is 0 Å². The molecule has 0 spiro atoms. The van der Waals surface area contributed by atoms with E-state index in [0.717, 1.165) is 42.2 Å². The molecular formula is C15H19N3OS. The van der Waals surface area contributed by atoms with Crippen LogP contribution in [-0.2, 0) is 0 Å². The van der Waals surface area contributed by atoms with E-state index in [-0.39, 0.29) is 0 Å². The first-order valence-corrected chi connectivity index (χ1v) is 7.88. The molecule has 1 heterocycles. The standard InChI is InChI=1S/C15H19N3OS/c19-15(9-5-2-6-10-15)11-16-14-17-13(18-20-14)12-7-3-1-4-8-12/h1,3-4,7-8,19H,2,5-6,9-11H2,(H,16,17,18). The summed E-state index contributed by atoms with van der Waals surface area (Å²) >= 11 is 1.35. The van der Waals surface area contributed by atoms with E-state index < -0.39 is 5.60 Å². The lowest BCUT2D eigenvalue weighted by atomic mass is 9.85. The summed E-state index contributed by atoms with van der Waals surface area (Å²) in [6.45, 7) is 0.566. The zero-order chi connectivity index (χ0) is 13.8. The van der Waals surface area contributed by atoms with Crippen LogP contribution < -0.4 is 5.32 Å². The molecule has 1 aliphatic carbocycles. The number of nitrogens with one attached hydrogen (secondary N) is 1. The van der Waals surface area contributed by atoms with Crippen LogP contribution >= 0.6 is 11.5 Å². The molecule has 1 aromatic carbocycles. The Morgan fingerprint density at radius 2 is 1.90 bits per heavy atom. The number of hydrogen-bond acceptors (Lipinski definition) is 5. The summed E-state index contributed by atoms with van der Waals surface area (Å²) in [5.74, 6) is 0.744. The molecule has 0 amide bonds. The van der Waals surface area contributed by atoms with Crippen LogP contribution in [0.2, 0.25) is 0 Å². The minimum atomic E-state index is -0.573. The van der Waals surface area contributed by atoms with Crippen molar-refractivity contribution >= 4 is 16.7 Å². The summed E-state index contributed by atoms with van der Waals surface area (Å²) in [6, 6.07) is 9.94. The van der Waals surface area contributed by atoms with Gasteiger partial charge in [0.05, 0.1) is 5.60 Å². The zero-order valence-corrected chi connectivity index (χ0v) is 12.2. The molecule has 106 valence electrons. The van der Waals surface area contributed by atoms with E-state index in [0.29, 0.717) is 6.54 Å². The summed E-state index contributed by atoms with van der Waals surface area (Å²) in [7, 11) is 0. The maximum absolute atomic E-state index is 10.5. The molecule has 1 fully saturated rings. The fraction of sp³-hybridized carbons (Fsp3) is 0.467. The molecule has 1 saturated carbocycles. The lowest BCUT2D eigenvalue weighted by Gasteiger charge is -2.31. The van der Waals surface area contributed by atoms with Gasteiger partial charge in [0.15, 0.2) is 5.82 Å². The molecule has 3 rings (SSSR count). The fourth-order valence-corrected chi connectivity index (χ4v) is 3.21. The number of anilines is 1. The highest BCUT2D eigenvalue weighted by Gasteiger charge is 2.29. The summed E-state index contributed by atoms with van der Waals surface area (Å²) in [5, 5.41) is 14.5. The predicted octanol–water partition coefficient (Wildman–Crippen LogP) is 3.31. The molecule has 0 unspecified atom stereocenters. The molecule has 4 nitrogen and oxygen atoms in total. The number of hydrogen-bond donors (Lipinski definition) is 2. The first-order chi connectivity index (χ1) is 9.75. The lowest BCUT2D eigenvalue weighted by Crippen LogP contribution is -2.38. The summed E-state index contributed by atoms with van der Waals surface area (Å²) in [5.41, 5.74) is 0.449. The van der Waals surface area contributed by atoms with E-state index in [4.69, 9.17) is 0 Å². The van der Waals surface area contributed by atoms with Crippen molar-refractivity contribution in [3.8, 4) is 11.4 Å². The van der Waals surface area contributed by atoms with Crippen molar-refractivity contribution in [3.05, 3.63) is 30.3 Å². The van der Waals surface area contributed by atoms with E-state index in [1.54, 1.807) is 0 Å². The van der Waals surface area contributed by atoms with Gasteiger partial charge in [-0.1, -0.05) is 49.6 Å². The Bertz CT molecular complexity index is 549. The van der Waals surface area contributed by atoms with Gasteiger partial charge in [-0.05, 0) is 12.8 Å². The lowest BCUT2D eigenvalue weighted by molar-refractivity contribution is 0.0167. The second-order valence-electron chi connectivity index (χ2n) is 5.43. The Balaban J connectivity index is 1.63. The van der Waals surface area contributed by atoms with Crippen molar-refractivity contribution in [2.24, 2.45) is 0 Å². The second kappa shape index (κ2) is 5.89. The first-order valence-electron chi connectivity index (χ1n) is 7.11. The Morgan fingerprint density at radius 3 is 2.65 bits per heavy atom. The van der Waals surface area contributed by atoms with Crippen LogP contribution in [0.15, 0.2) is 30.3 Å². The first kappa shape index (κ1) is 13.5. The minimum Gasteiger partial charge on any atom is -0.388 e. The number of benzene rings is 1. The molecule has 0 atom stereocenters. The molecule has 20 heavy (non-hydrogen) atoms. The highest BCUT2D eigenvalue weighted by atomic mass is 32.1. The summed E-state index contributed by atoms with van der Waals surface area (Å²) in [6.07, 6.45) is 5.22. The Morgan fingerprint density at radius 1 is 1.15 bits per heavy atom. The van der Waals surface area contributed by atoms with E-state index in [1.165, 1.54) is 18.0 Å². The number of aromatic nitrogens is 2. The third-order valence-electron chi connectivity index (χ3n) is 3.81. The monoisotopic (exact) mass is 289 g/mol. The van der Waals surface area contributed by atoms with Gasteiger partial charge in [-0.2, -0.15) is 9.36 Å². The minimum absolute atomic E-state index is 0.566. The van der Waals surface area contributed by atoms with Gasteiger partial charge in [0.2, 0.25) is 5.13 Å². The summed E-state index contributed by atoms with van der Waals surface area (Å²) in [4.78, 5) is 4.48. The topological polar surface area (TPSA) is 58.0 Å². The van der Waals surface area contributed by atoms with Gasteiger partial charge in [0.1, 0.15) is 0 Å². The molecule has 1 aromatic heterocycles. The van der Waals surface area contributed by atoms with Crippen molar-refractivity contribution in [3.63, 3.8) is 0 Å². The molecule has 0 saturated heterocycles. The van der Waals surface area contributed by atoms with Gasteiger partial charge in [-0.25, -0.2) is 0 Å². The van der Waals surface area contributed by atoms with Crippen molar-refractivity contribution in [1.29, 1.82) is 0 Å². The molecular weight excluding hydrogens is 270 g/mol. The van der Waals surface area contributed by atoms with Crippen LogP contribution in [0, 0.1) is 0 Å². The highest BCUT2D eigenvalue weighted by Crippen LogP contribution is 2.29. The Labute approximate surface area is 123 Å².